The van der Waals surface area contributed by atoms with E-state index in [4.69, 9.17) is 0 Å². The number of aryl methyl sites for hydroxylation is 4. The predicted octanol–water partition coefficient (Wildman–Crippen LogP) is 6.36. The lowest BCUT2D eigenvalue weighted by Crippen LogP contribution is -2.17. The van der Waals surface area contributed by atoms with Gasteiger partial charge >= 0.3 is 0 Å². The Hall–Kier alpha value is -2.48. The molecule has 1 unspecified atom stereocenters. The van der Waals surface area contributed by atoms with Crippen LogP contribution < -0.4 is 0 Å². The molecule has 4 aromatic rings. The third-order valence-corrected chi connectivity index (χ3v) is 7.58. The first-order valence-electron chi connectivity index (χ1n) is 11.3. The third-order valence-electron chi connectivity index (χ3n) is 7.58. The van der Waals surface area contributed by atoms with Crippen molar-refractivity contribution in [3.8, 4) is 0 Å². The topological polar surface area (TPSA) is 9.86 Å². The summed E-state index contributed by atoms with van der Waals surface area (Å²) in [5.74, 6) is 0.617. The van der Waals surface area contributed by atoms with Crippen LogP contribution in [0, 0.1) is 13.8 Å². The Morgan fingerprint density at radius 3 is 2.38 bits per heavy atom. The molecule has 1 atom stereocenters. The van der Waals surface area contributed by atoms with E-state index in [1.807, 2.05) is 0 Å². The molecule has 6 rings (SSSR count). The fourth-order valence-electron chi connectivity index (χ4n) is 6.26. The van der Waals surface area contributed by atoms with Gasteiger partial charge in [0.15, 0.2) is 0 Å². The molecule has 2 aliphatic rings. The molecular weight excluding hydrogens is 352 g/mol. The fourth-order valence-corrected chi connectivity index (χ4v) is 6.26. The second-order valence-electron chi connectivity index (χ2n) is 9.44. The van der Waals surface area contributed by atoms with Gasteiger partial charge in [0.05, 0.1) is 0 Å². The molecule has 2 aromatic carbocycles. The van der Waals surface area contributed by atoms with Gasteiger partial charge < -0.3 is 9.13 Å². The largest absolute Gasteiger partial charge is 0.347 e. The number of rotatable bonds is 2. The van der Waals surface area contributed by atoms with Crippen molar-refractivity contribution in [2.75, 3.05) is 0 Å². The quantitative estimate of drug-likeness (QED) is 0.382. The van der Waals surface area contributed by atoms with E-state index in [0.717, 1.165) is 6.54 Å². The van der Waals surface area contributed by atoms with Crippen molar-refractivity contribution in [2.24, 2.45) is 7.05 Å². The first-order valence-corrected chi connectivity index (χ1v) is 11.3. The summed E-state index contributed by atoms with van der Waals surface area (Å²) < 4.78 is 5.17. The van der Waals surface area contributed by atoms with Crippen LogP contribution in [0.1, 0.15) is 58.8 Å². The molecule has 2 heteroatoms. The third kappa shape index (κ3) is 2.48. The summed E-state index contributed by atoms with van der Waals surface area (Å²) in [7, 11) is 2.27. The van der Waals surface area contributed by atoms with Crippen molar-refractivity contribution >= 4 is 21.8 Å². The van der Waals surface area contributed by atoms with Crippen LogP contribution in [0.15, 0.2) is 36.4 Å². The molecule has 0 spiro atoms. The van der Waals surface area contributed by atoms with Gasteiger partial charge in [0, 0.05) is 52.7 Å². The van der Waals surface area contributed by atoms with E-state index in [9.17, 15) is 0 Å². The van der Waals surface area contributed by atoms with Gasteiger partial charge in [-0.15, -0.1) is 0 Å². The molecular formula is C27H30N2. The smallest absolute Gasteiger partial charge is 0.0485 e. The van der Waals surface area contributed by atoms with Crippen molar-refractivity contribution in [3.05, 3.63) is 70.0 Å². The van der Waals surface area contributed by atoms with Gasteiger partial charge in [0.2, 0.25) is 0 Å². The van der Waals surface area contributed by atoms with Gasteiger partial charge in [0.1, 0.15) is 0 Å². The number of aromatic nitrogens is 2. The minimum atomic E-state index is 0.617. The van der Waals surface area contributed by atoms with E-state index in [1.165, 1.54) is 71.5 Å². The summed E-state index contributed by atoms with van der Waals surface area (Å²) in [6.45, 7) is 5.59. The Morgan fingerprint density at radius 2 is 1.55 bits per heavy atom. The van der Waals surface area contributed by atoms with Gasteiger partial charge in [-0.2, -0.15) is 0 Å². The molecule has 0 aliphatic heterocycles. The van der Waals surface area contributed by atoms with Crippen molar-refractivity contribution < 1.29 is 0 Å². The van der Waals surface area contributed by atoms with Crippen LogP contribution >= 0.6 is 0 Å². The van der Waals surface area contributed by atoms with Crippen molar-refractivity contribution in [1.82, 2.24) is 9.13 Å². The molecule has 2 nitrogen and oxygen atoms in total. The number of benzene rings is 2. The normalized spacial score (nSPS) is 18.5. The lowest BCUT2D eigenvalue weighted by atomic mass is 9.84. The van der Waals surface area contributed by atoms with E-state index in [-0.39, 0.29) is 0 Å². The molecule has 29 heavy (non-hydrogen) atoms. The van der Waals surface area contributed by atoms with Crippen LogP contribution in [-0.2, 0) is 32.9 Å². The molecule has 2 aliphatic carbocycles. The average Bonchev–Trinajstić information content (AvgIpc) is 3.37. The zero-order valence-corrected chi connectivity index (χ0v) is 17.9. The van der Waals surface area contributed by atoms with Crippen LogP contribution in [0.5, 0.6) is 0 Å². The monoisotopic (exact) mass is 382 g/mol. The summed E-state index contributed by atoms with van der Waals surface area (Å²) in [5, 5.41) is 3.01. The van der Waals surface area contributed by atoms with Gasteiger partial charge in [0.25, 0.3) is 0 Å². The van der Waals surface area contributed by atoms with E-state index < -0.39 is 0 Å². The Morgan fingerprint density at radius 1 is 0.828 bits per heavy atom. The van der Waals surface area contributed by atoms with E-state index >= 15 is 0 Å². The first kappa shape index (κ1) is 17.4. The Kier molecular flexibility index (Phi) is 3.75. The summed E-state index contributed by atoms with van der Waals surface area (Å²) in [4.78, 5) is 0. The highest BCUT2D eigenvalue weighted by Crippen LogP contribution is 2.42. The highest BCUT2D eigenvalue weighted by atomic mass is 15.0. The standard InChI is InChI=1S/C27H30N2/c1-17-11-13-25-21(14-17)20-7-5-8-24(20)29(25)16-19-6-4-9-26-27(19)22-15-18(2)10-12-23(22)28(26)3/h10-15,19H,4-9,16H2,1-3H3. The summed E-state index contributed by atoms with van der Waals surface area (Å²) in [5.41, 5.74) is 12.1. The van der Waals surface area contributed by atoms with E-state index in [0.29, 0.717) is 5.92 Å². The summed E-state index contributed by atoms with van der Waals surface area (Å²) >= 11 is 0. The Labute approximate surface area is 173 Å². The molecule has 0 amide bonds. The molecule has 148 valence electrons. The Bertz CT molecular complexity index is 1270. The zero-order valence-electron chi connectivity index (χ0n) is 17.9. The predicted molar refractivity (Wildman–Crippen MR) is 122 cm³/mol. The maximum Gasteiger partial charge on any atom is 0.0485 e. The van der Waals surface area contributed by atoms with Crippen molar-refractivity contribution in [2.45, 2.75) is 64.8 Å². The number of nitrogens with zero attached hydrogens (tertiary/aromatic N) is 2. The molecule has 0 saturated heterocycles. The van der Waals surface area contributed by atoms with Crippen LogP contribution in [0.4, 0.5) is 0 Å². The summed E-state index contributed by atoms with van der Waals surface area (Å²) in [6.07, 6.45) is 7.66. The second-order valence-corrected chi connectivity index (χ2v) is 9.44. The van der Waals surface area contributed by atoms with E-state index in [1.54, 1.807) is 22.5 Å². The SMILES string of the molecule is Cc1ccc2c(c1)c1c(n2C)CCCC1Cn1c2c(c3cc(C)ccc31)CCC2. The second kappa shape index (κ2) is 6.26. The molecule has 0 fully saturated rings. The maximum atomic E-state index is 2.70. The Balaban J connectivity index is 1.52. The van der Waals surface area contributed by atoms with Gasteiger partial charge in [-0.1, -0.05) is 23.3 Å². The van der Waals surface area contributed by atoms with Gasteiger partial charge in [-0.05, 0) is 87.8 Å². The average molecular weight is 383 g/mol. The van der Waals surface area contributed by atoms with Crippen LogP contribution in [0.2, 0.25) is 0 Å². The minimum Gasteiger partial charge on any atom is -0.347 e. The molecule has 0 N–H and O–H groups in total. The van der Waals surface area contributed by atoms with Crippen molar-refractivity contribution in [3.63, 3.8) is 0 Å². The lowest BCUT2D eigenvalue weighted by molar-refractivity contribution is 0.479. The van der Waals surface area contributed by atoms with Gasteiger partial charge in [-0.25, -0.2) is 0 Å². The van der Waals surface area contributed by atoms with Crippen LogP contribution in [0.25, 0.3) is 21.8 Å². The molecule has 0 radical (unpaired) electrons. The number of hydrogen-bond donors (Lipinski definition) is 0. The van der Waals surface area contributed by atoms with Crippen molar-refractivity contribution in [1.29, 1.82) is 0 Å². The maximum absolute atomic E-state index is 2.70. The minimum absolute atomic E-state index is 0.617. The first-order chi connectivity index (χ1) is 14.1. The molecule has 2 aromatic heterocycles. The molecule has 0 saturated carbocycles. The zero-order chi connectivity index (χ0) is 19.7. The summed E-state index contributed by atoms with van der Waals surface area (Å²) in [6, 6.07) is 14.1. The highest BCUT2D eigenvalue weighted by molar-refractivity contribution is 5.88. The van der Waals surface area contributed by atoms with Gasteiger partial charge in [-0.3, -0.25) is 0 Å². The van der Waals surface area contributed by atoms with E-state index in [2.05, 4.69) is 66.4 Å². The molecule has 0 bridgehead atoms. The number of fused-ring (bicyclic) bond motifs is 6. The lowest BCUT2D eigenvalue weighted by Gasteiger charge is -2.26. The molecule has 2 heterocycles. The van der Waals surface area contributed by atoms with Crippen LogP contribution in [-0.4, -0.2) is 9.13 Å². The number of hydrogen-bond acceptors (Lipinski definition) is 0. The van der Waals surface area contributed by atoms with Crippen LogP contribution in [0.3, 0.4) is 0 Å². The highest BCUT2D eigenvalue weighted by Gasteiger charge is 2.29. The fraction of sp³-hybridized carbons (Fsp3) is 0.407.